The number of aliphatic hydroxyl groups excluding tert-OH is 2. The fourth-order valence-electron chi connectivity index (χ4n) is 2.43. The molecule has 1 aliphatic rings. The molecule has 0 saturated carbocycles. The van der Waals surface area contributed by atoms with Crippen LogP contribution >= 0.6 is 7.82 Å². The Labute approximate surface area is 185 Å². The van der Waals surface area contributed by atoms with E-state index in [1.165, 1.54) is 17.2 Å². The van der Waals surface area contributed by atoms with Crippen LogP contribution < -0.4 is 74.6 Å². The maximum Gasteiger partial charge on any atom is 1.00 e. The van der Waals surface area contributed by atoms with Gasteiger partial charge in [-0.3, -0.25) is 4.57 Å². The number of imidazole rings is 1. The zero-order chi connectivity index (χ0) is 16.8. The van der Waals surface area contributed by atoms with E-state index in [2.05, 4.69) is 19.5 Å². The number of ether oxygens (including phenoxy) is 1. The van der Waals surface area contributed by atoms with E-state index < -0.39 is 39.0 Å². The molecule has 25 heavy (non-hydrogen) atoms. The van der Waals surface area contributed by atoms with Gasteiger partial charge < -0.3 is 39.6 Å². The number of nitrogens with zero attached hydrogens (tertiary/aromatic N) is 4. The largest absolute Gasteiger partial charge is 1.00 e. The van der Waals surface area contributed by atoms with Crippen molar-refractivity contribution in [2.24, 2.45) is 0 Å². The Bertz CT molecular complexity index is 773. The summed E-state index contributed by atoms with van der Waals surface area (Å²) < 4.78 is 21.7. The monoisotopic (exact) mass is 391 g/mol. The van der Waals surface area contributed by atoms with E-state index >= 15 is 0 Å². The van der Waals surface area contributed by atoms with Crippen LogP contribution in [0.5, 0.6) is 0 Å². The van der Waals surface area contributed by atoms with E-state index in [-0.39, 0.29) is 76.1 Å². The van der Waals surface area contributed by atoms with Crippen molar-refractivity contribution in [1.29, 1.82) is 0 Å². The summed E-state index contributed by atoms with van der Waals surface area (Å²) in [6.07, 6.45) is -3.07. The first-order valence-electron chi connectivity index (χ1n) is 6.39. The van der Waals surface area contributed by atoms with Crippen molar-refractivity contribution in [1.82, 2.24) is 19.5 Å². The summed E-state index contributed by atoms with van der Waals surface area (Å²) in [4.78, 5) is 33.3. The summed E-state index contributed by atoms with van der Waals surface area (Å²) in [6, 6.07) is 0. The van der Waals surface area contributed by atoms with Crippen molar-refractivity contribution in [2.45, 2.75) is 24.5 Å². The zero-order valence-corrected chi connectivity index (χ0v) is 18.3. The third-order valence-corrected chi connectivity index (χ3v) is 3.90. The molecule has 0 bridgehead atoms. The Kier molecular flexibility index (Phi) is 8.44. The smallest absolute Gasteiger partial charge is 0.790 e. The second-order valence-electron chi connectivity index (χ2n) is 4.84. The molecule has 2 aromatic rings. The van der Waals surface area contributed by atoms with Gasteiger partial charge >= 0.3 is 59.1 Å². The van der Waals surface area contributed by atoms with Gasteiger partial charge in [0.2, 0.25) is 0 Å². The van der Waals surface area contributed by atoms with E-state index in [1.54, 1.807) is 0 Å². The van der Waals surface area contributed by atoms with Crippen molar-refractivity contribution >= 4 is 24.8 Å². The fraction of sp³-hybridized carbons (Fsp3) is 0.500. The van der Waals surface area contributed by atoms with Crippen LogP contribution in [-0.4, -0.2) is 54.7 Å². The zero-order valence-electron chi connectivity index (χ0n) is 13.4. The fourth-order valence-corrected chi connectivity index (χ4v) is 2.99. The molecule has 2 aromatic heterocycles. The van der Waals surface area contributed by atoms with Gasteiger partial charge in [0.1, 0.15) is 30.2 Å². The maximum absolute atomic E-state index is 10.8. The Hall–Kier alpha value is 0.340. The van der Waals surface area contributed by atoms with Crippen LogP contribution in [0.1, 0.15) is 6.23 Å². The minimum absolute atomic E-state index is 0. The average Bonchev–Trinajstić information content (AvgIpc) is 3.01. The third kappa shape index (κ3) is 4.79. The first kappa shape index (κ1) is 23.4. The van der Waals surface area contributed by atoms with E-state index in [1.807, 2.05) is 0 Å². The van der Waals surface area contributed by atoms with E-state index in [0.29, 0.717) is 0 Å². The minimum atomic E-state index is -5.38. The molecule has 0 amide bonds. The Balaban J connectivity index is 0.00000156. The van der Waals surface area contributed by atoms with Crippen LogP contribution in [0, 0.1) is 0 Å². The second-order valence-corrected chi connectivity index (χ2v) is 5.94. The minimum Gasteiger partial charge on any atom is -0.790 e. The van der Waals surface area contributed by atoms with Gasteiger partial charge in [-0.1, -0.05) is 0 Å². The topological polar surface area (TPSA) is 192 Å². The number of phosphoric acid groups is 1. The molecule has 0 aromatic carbocycles. The quantitative estimate of drug-likeness (QED) is 0.331. The molecule has 126 valence electrons. The van der Waals surface area contributed by atoms with E-state index in [0.717, 1.165) is 0 Å². The predicted octanol–water partition coefficient (Wildman–Crippen LogP) is -9.12. The number of rotatable bonds is 4. The molecule has 12 nitrogen and oxygen atoms in total. The normalized spacial score (nSPS) is 26.2. The standard InChI is InChI=1S/C10H14N5O7P.2Na/c11-8-5-9(13-2-12-8)15(3-14-5)10-6(17)7(4(1-16)21-10)22-23(18,19)20;;/h2-4,6-7,10,16-17H,1H2,(H2,11,12,13)(H2,18,19,20);;/q;2*+1/p-2/t4-,6-,7-,10-;;/m1../s1. The molecule has 3 heterocycles. The van der Waals surface area contributed by atoms with Gasteiger partial charge in [0.25, 0.3) is 0 Å². The van der Waals surface area contributed by atoms with Crippen molar-refractivity contribution in [3.63, 3.8) is 0 Å². The SMILES string of the molecule is Nc1ncnc2c1ncn2[C@@H]1O[C@H](CO)[C@@H](OP(=O)([O-])[O-])[C@H]1O.[Na+].[Na+]. The number of nitrogens with two attached hydrogens (primary N) is 1. The van der Waals surface area contributed by atoms with Gasteiger partial charge in [0.15, 0.2) is 17.7 Å². The van der Waals surface area contributed by atoms with Crippen LogP contribution in [0.25, 0.3) is 11.2 Å². The van der Waals surface area contributed by atoms with Crippen molar-refractivity contribution < 1.29 is 92.9 Å². The molecule has 1 aliphatic heterocycles. The van der Waals surface area contributed by atoms with Crippen molar-refractivity contribution in [3.8, 4) is 0 Å². The number of fused-ring (bicyclic) bond motifs is 1. The number of anilines is 1. The summed E-state index contributed by atoms with van der Waals surface area (Å²) in [6.45, 7) is -0.665. The van der Waals surface area contributed by atoms with Gasteiger partial charge in [0, 0.05) is 0 Å². The summed E-state index contributed by atoms with van der Waals surface area (Å²) in [7, 11) is -5.38. The molecule has 1 saturated heterocycles. The number of hydrogen-bond donors (Lipinski definition) is 3. The second kappa shape index (κ2) is 9.02. The van der Waals surface area contributed by atoms with E-state index in [9.17, 15) is 24.6 Å². The average molecular weight is 391 g/mol. The van der Waals surface area contributed by atoms with Crippen molar-refractivity contribution in [3.05, 3.63) is 12.7 Å². The van der Waals surface area contributed by atoms with Crippen LogP contribution in [0.4, 0.5) is 5.82 Å². The summed E-state index contributed by atoms with van der Waals surface area (Å²) in [5, 5.41) is 19.5. The number of aromatic nitrogens is 4. The molecule has 3 rings (SSSR count). The number of hydrogen-bond acceptors (Lipinski definition) is 11. The summed E-state index contributed by atoms with van der Waals surface area (Å²) >= 11 is 0. The molecule has 4 atom stereocenters. The molecule has 4 N–H and O–H groups in total. The van der Waals surface area contributed by atoms with E-state index in [4.69, 9.17) is 10.5 Å². The third-order valence-electron chi connectivity index (χ3n) is 3.40. The molecular formula is C10H12N5Na2O7P. The number of nitrogen functional groups attached to an aromatic ring is 1. The van der Waals surface area contributed by atoms with Gasteiger partial charge in [-0.05, 0) is 0 Å². The van der Waals surface area contributed by atoms with Gasteiger partial charge in [-0.25, -0.2) is 15.0 Å². The predicted molar refractivity (Wildman–Crippen MR) is 69.2 cm³/mol. The van der Waals surface area contributed by atoms with Gasteiger partial charge in [0.05, 0.1) is 20.8 Å². The Morgan fingerprint density at radius 1 is 1.36 bits per heavy atom. The van der Waals surface area contributed by atoms with Gasteiger partial charge in [-0.15, -0.1) is 0 Å². The molecule has 1 fully saturated rings. The van der Waals surface area contributed by atoms with Crippen LogP contribution in [-0.2, 0) is 13.8 Å². The first-order chi connectivity index (χ1) is 10.8. The Morgan fingerprint density at radius 2 is 2.04 bits per heavy atom. The number of aliphatic hydroxyl groups is 2. The van der Waals surface area contributed by atoms with Crippen molar-refractivity contribution in [2.75, 3.05) is 12.3 Å². The molecule has 0 unspecified atom stereocenters. The molecule has 0 aliphatic carbocycles. The molecule has 0 radical (unpaired) electrons. The summed E-state index contributed by atoms with van der Waals surface area (Å²) in [5.74, 6) is 0.108. The van der Waals surface area contributed by atoms with Gasteiger partial charge in [-0.2, -0.15) is 0 Å². The number of phosphoric ester groups is 1. The van der Waals surface area contributed by atoms with Crippen LogP contribution in [0.15, 0.2) is 12.7 Å². The van der Waals surface area contributed by atoms with Crippen LogP contribution in [0.2, 0.25) is 0 Å². The molecular weight excluding hydrogens is 379 g/mol. The molecule has 0 spiro atoms. The maximum atomic E-state index is 10.8. The molecule has 15 heteroatoms. The first-order valence-corrected chi connectivity index (χ1v) is 7.85. The Morgan fingerprint density at radius 3 is 2.64 bits per heavy atom. The summed E-state index contributed by atoms with van der Waals surface area (Å²) in [5.41, 5.74) is 6.14. The van der Waals surface area contributed by atoms with Crippen LogP contribution in [0.3, 0.4) is 0 Å².